The van der Waals surface area contributed by atoms with E-state index in [9.17, 15) is 21.6 Å². The van der Waals surface area contributed by atoms with Crippen LogP contribution in [0, 0.1) is 0 Å². The van der Waals surface area contributed by atoms with Crippen molar-refractivity contribution < 1.29 is 21.6 Å². The first kappa shape index (κ1) is 16.0. The van der Waals surface area contributed by atoms with Crippen molar-refractivity contribution in [1.29, 1.82) is 0 Å². The summed E-state index contributed by atoms with van der Waals surface area (Å²) in [6, 6.07) is 0.563. The van der Waals surface area contributed by atoms with Crippen molar-refractivity contribution in [3.63, 3.8) is 0 Å². The van der Waals surface area contributed by atoms with Crippen molar-refractivity contribution in [2.75, 3.05) is 11.6 Å². The number of nitrogens with one attached hydrogen (secondary N) is 1. The van der Waals surface area contributed by atoms with Crippen molar-refractivity contribution in [3.05, 3.63) is 18.0 Å². The van der Waals surface area contributed by atoms with Gasteiger partial charge in [0.25, 0.3) is 0 Å². The number of rotatable bonds is 3. The van der Waals surface area contributed by atoms with Crippen LogP contribution in [0.25, 0.3) is 0 Å². The second kappa shape index (κ2) is 5.78. The van der Waals surface area contributed by atoms with Crippen molar-refractivity contribution in [3.8, 4) is 0 Å². The fourth-order valence-corrected chi connectivity index (χ4v) is 3.61. The normalized spacial score (nSPS) is 23.8. The summed E-state index contributed by atoms with van der Waals surface area (Å²) in [4.78, 5) is 7.19. The van der Waals surface area contributed by atoms with Gasteiger partial charge in [-0.3, -0.25) is 0 Å². The zero-order valence-corrected chi connectivity index (χ0v) is 12.2. The van der Waals surface area contributed by atoms with E-state index in [4.69, 9.17) is 0 Å². The van der Waals surface area contributed by atoms with Gasteiger partial charge in [-0.05, 0) is 25.3 Å². The van der Waals surface area contributed by atoms with Crippen LogP contribution in [-0.4, -0.2) is 35.9 Å². The van der Waals surface area contributed by atoms with Crippen LogP contribution in [0.4, 0.5) is 19.1 Å². The Balaban J connectivity index is 2.08. The van der Waals surface area contributed by atoms with Gasteiger partial charge in [0.2, 0.25) is 5.95 Å². The Morgan fingerprint density at radius 2 is 2.05 bits per heavy atom. The minimum Gasteiger partial charge on any atom is -0.351 e. The first-order valence-corrected chi connectivity index (χ1v) is 8.47. The number of hydrogen-bond acceptors (Lipinski definition) is 5. The lowest BCUT2D eigenvalue weighted by molar-refractivity contribution is -0.141. The summed E-state index contributed by atoms with van der Waals surface area (Å²) in [6.45, 7) is 0. The van der Waals surface area contributed by atoms with E-state index in [0.29, 0.717) is 25.7 Å². The highest BCUT2D eigenvalue weighted by molar-refractivity contribution is 7.91. The van der Waals surface area contributed by atoms with Gasteiger partial charge in [0.05, 0.1) is 5.25 Å². The molecule has 1 aromatic rings. The summed E-state index contributed by atoms with van der Waals surface area (Å²) >= 11 is 0. The number of aromatic nitrogens is 2. The summed E-state index contributed by atoms with van der Waals surface area (Å²) in [5, 5.41) is 2.35. The molecule has 21 heavy (non-hydrogen) atoms. The highest BCUT2D eigenvalue weighted by Crippen LogP contribution is 2.29. The van der Waals surface area contributed by atoms with Gasteiger partial charge in [-0.2, -0.15) is 13.2 Å². The average molecular weight is 323 g/mol. The molecule has 0 spiro atoms. The molecule has 9 heteroatoms. The minimum atomic E-state index is -4.53. The first-order chi connectivity index (χ1) is 9.66. The molecular formula is C12H16F3N3O2S. The van der Waals surface area contributed by atoms with Crippen LogP contribution < -0.4 is 5.32 Å². The standard InChI is InChI=1S/C12H16F3N3O2S/c1-21(19,20)9-4-2-3-8(7-9)17-11-16-6-5-10(18-11)12(13,14)15/h5-6,8-9H,2-4,7H2,1H3,(H,16,17,18)/t8-,9-/m1/s1. The highest BCUT2D eigenvalue weighted by Gasteiger charge is 2.33. The van der Waals surface area contributed by atoms with Crippen LogP contribution in [0.5, 0.6) is 0 Å². The third-order valence-electron chi connectivity index (χ3n) is 3.51. The fraction of sp³-hybridized carbons (Fsp3) is 0.667. The largest absolute Gasteiger partial charge is 0.433 e. The molecule has 0 radical (unpaired) electrons. The molecule has 118 valence electrons. The molecule has 1 heterocycles. The average Bonchev–Trinajstić information content (AvgIpc) is 2.37. The predicted molar refractivity (Wildman–Crippen MR) is 71.5 cm³/mol. The second-order valence-corrected chi connectivity index (χ2v) is 7.55. The molecule has 1 aromatic heterocycles. The van der Waals surface area contributed by atoms with Gasteiger partial charge < -0.3 is 5.32 Å². The quantitative estimate of drug-likeness (QED) is 0.924. The van der Waals surface area contributed by atoms with E-state index >= 15 is 0 Å². The minimum absolute atomic E-state index is 0.121. The smallest absolute Gasteiger partial charge is 0.351 e. The monoisotopic (exact) mass is 323 g/mol. The molecule has 0 saturated heterocycles. The maximum absolute atomic E-state index is 12.6. The molecule has 2 rings (SSSR count). The second-order valence-electron chi connectivity index (χ2n) is 5.22. The summed E-state index contributed by atoms with van der Waals surface area (Å²) in [5.74, 6) is -0.121. The number of alkyl halides is 3. The SMILES string of the molecule is CS(=O)(=O)[C@@H]1CCC[C@@H](Nc2nccc(C(F)(F)F)n2)C1. The molecule has 1 aliphatic carbocycles. The molecular weight excluding hydrogens is 307 g/mol. The van der Waals surface area contributed by atoms with E-state index in [1.807, 2.05) is 0 Å². The molecule has 0 aliphatic heterocycles. The Hall–Kier alpha value is -1.38. The number of halogens is 3. The van der Waals surface area contributed by atoms with Crippen LogP contribution >= 0.6 is 0 Å². The lowest BCUT2D eigenvalue weighted by Crippen LogP contribution is -2.34. The van der Waals surface area contributed by atoms with Crippen LogP contribution in [0.15, 0.2) is 12.3 Å². The molecule has 1 aliphatic rings. The zero-order chi connectivity index (χ0) is 15.7. The molecule has 5 nitrogen and oxygen atoms in total. The van der Waals surface area contributed by atoms with Crippen molar-refractivity contribution in [1.82, 2.24) is 9.97 Å². The van der Waals surface area contributed by atoms with Gasteiger partial charge >= 0.3 is 6.18 Å². The van der Waals surface area contributed by atoms with Gasteiger partial charge in [0, 0.05) is 18.5 Å². The molecule has 1 N–H and O–H groups in total. The predicted octanol–water partition coefficient (Wildman–Crippen LogP) is 2.26. The maximum Gasteiger partial charge on any atom is 0.433 e. The summed E-state index contributed by atoms with van der Waals surface area (Å²) in [5.41, 5.74) is -1.02. The molecule has 0 aromatic carbocycles. The van der Waals surface area contributed by atoms with E-state index in [2.05, 4.69) is 15.3 Å². The molecule has 0 unspecified atom stereocenters. The Bertz CT molecular complexity index is 604. The van der Waals surface area contributed by atoms with Gasteiger partial charge in [0.15, 0.2) is 0 Å². The lowest BCUT2D eigenvalue weighted by Gasteiger charge is -2.28. The van der Waals surface area contributed by atoms with Gasteiger partial charge in [-0.1, -0.05) is 6.42 Å². The topological polar surface area (TPSA) is 72.0 Å². The van der Waals surface area contributed by atoms with Crippen LogP contribution in [0.3, 0.4) is 0 Å². The van der Waals surface area contributed by atoms with Gasteiger partial charge in [-0.25, -0.2) is 18.4 Å². The molecule has 1 fully saturated rings. The van der Waals surface area contributed by atoms with Crippen molar-refractivity contribution in [2.24, 2.45) is 0 Å². The van der Waals surface area contributed by atoms with E-state index in [1.165, 1.54) is 6.26 Å². The van der Waals surface area contributed by atoms with Crippen molar-refractivity contribution in [2.45, 2.75) is 43.2 Å². The third-order valence-corrected chi connectivity index (χ3v) is 5.15. The lowest BCUT2D eigenvalue weighted by atomic mass is 9.95. The molecule has 1 saturated carbocycles. The first-order valence-electron chi connectivity index (χ1n) is 6.52. The highest BCUT2D eigenvalue weighted by atomic mass is 32.2. The van der Waals surface area contributed by atoms with Crippen LogP contribution in [-0.2, 0) is 16.0 Å². The van der Waals surface area contributed by atoms with E-state index in [-0.39, 0.29) is 12.0 Å². The maximum atomic E-state index is 12.6. The van der Waals surface area contributed by atoms with Gasteiger partial charge in [-0.15, -0.1) is 0 Å². The summed E-state index contributed by atoms with van der Waals surface area (Å²) in [7, 11) is -3.14. The third kappa shape index (κ3) is 4.29. The molecule has 2 atom stereocenters. The summed E-state index contributed by atoms with van der Waals surface area (Å²) in [6.07, 6.45) is 0.0238. The number of nitrogens with zero attached hydrogens (tertiary/aromatic N) is 2. The number of sulfone groups is 1. The molecule has 0 bridgehead atoms. The summed E-state index contributed by atoms with van der Waals surface area (Å²) < 4.78 is 60.8. The Labute approximate surface area is 120 Å². The fourth-order valence-electron chi connectivity index (χ4n) is 2.43. The Kier molecular flexibility index (Phi) is 4.40. The molecule has 0 amide bonds. The van der Waals surface area contributed by atoms with Crippen LogP contribution in [0.1, 0.15) is 31.4 Å². The van der Waals surface area contributed by atoms with E-state index in [0.717, 1.165) is 12.3 Å². The Morgan fingerprint density at radius 1 is 1.33 bits per heavy atom. The van der Waals surface area contributed by atoms with E-state index in [1.54, 1.807) is 0 Å². The number of anilines is 1. The number of hydrogen-bond donors (Lipinski definition) is 1. The van der Waals surface area contributed by atoms with Crippen molar-refractivity contribution >= 4 is 15.8 Å². The van der Waals surface area contributed by atoms with E-state index < -0.39 is 27.0 Å². The van der Waals surface area contributed by atoms with Crippen LogP contribution in [0.2, 0.25) is 0 Å². The Morgan fingerprint density at radius 3 is 2.67 bits per heavy atom. The zero-order valence-electron chi connectivity index (χ0n) is 11.4. The van der Waals surface area contributed by atoms with Gasteiger partial charge in [0.1, 0.15) is 15.5 Å².